The molecule has 164 valence electrons. The third kappa shape index (κ3) is 3.96. The molecule has 1 heterocycles. The van der Waals surface area contributed by atoms with Crippen molar-refractivity contribution in [1.29, 1.82) is 0 Å². The SMILES string of the molecule is CCO[C@@H]1O[C@H](c2ccccc2)CC(C(F)(F)C(F)(F)C(F)(F)C(F)(F)F)C1=O. The van der Waals surface area contributed by atoms with Gasteiger partial charge in [0.2, 0.25) is 6.29 Å². The van der Waals surface area contributed by atoms with Gasteiger partial charge >= 0.3 is 23.9 Å². The molecule has 0 N–H and O–H groups in total. The molecular weight excluding hydrogens is 423 g/mol. The Morgan fingerprint density at radius 1 is 0.966 bits per heavy atom. The van der Waals surface area contributed by atoms with Gasteiger partial charge in [0.1, 0.15) is 0 Å². The monoisotopic (exact) mass is 438 g/mol. The van der Waals surface area contributed by atoms with Gasteiger partial charge in [0.15, 0.2) is 5.78 Å². The minimum absolute atomic E-state index is 0.122. The molecular formula is C17H15F9O3. The van der Waals surface area contributed by atoms with Crippen molar-refractivity contribution >= 4 is 5.78 Å². The predicted molar refractivity (Wildman–Crippen MR) is 79.7 cm³/mol. The van der Waals surface area contributed by atoms with Crippen LogP contribution in [0.2, 0.25) is 0 Å². The molecule has 1 saturated heterocycles. The van der Waals surface area contributed by atoms with Crippen LogP contribution in [0.3, 0.4) is 0 Å². The minimum Gasteiger partial charge on any atom is -0.346 e. The summed E-state index contributed by atoms with van der Waals surface area (Å²) in [6, 6.07) is 7.00. The molecule has 0 spiro atoms. The van der Waals surface area contributed by atoms with E-state index in [-0.39, 0.29) is 12.2 Å². The second-order valence-corrected chi connectivity index (χ2v) is 6.28. The molecule has 3 atom stereocenters. The van der Waals surface area contributed by atoms with Gasteiger partial charge in [-0.2, -0.15) is 39.5 Å². The number of hydrogen-bond donors (Lipinski definition) is 0. The standard InChI is InChI=1S/C17H15F9O3/c1-2-28-13-12(27)10(8-11(29-13)9-6-4-3-5-7-9)14(18,19)15(20,21)16(22,23)17(24,25)26/h3-7,10-11,13H,2,8H2,1H3/t10?,11-,13+/m0/s1. The van der Waals surface area contributed by atoms with E-state index < -0.39 is 54.5 Å². The van der Waals surface area contributed by atoms with Crippen molar-refractivity contribution < 1.29 is 53.8 Å². The smallest absolute Gasteiger partial charge is 0.346 e. The fourth-order valence-corrected chi connectivity index (χ4v) is 2.85. The van der Waals surface area contributed by atoms with Gasteiger partial charge in [-0.15, -0.1) is 0 Å². The van der Waals surface area contributed by atoms with Crippen LogP contribution in [0.25, 0.3) is 0 Å². The lowest BCUT2D eigenvalue weighted by Crippen LogP contribution is -2.65. The molecule has 1 unspecified atom stereocenters. The molecule has 0 radical (unpaired) electrons. The fourth-order valence-electron chi connectivity index (χ4n) is 2.85. The summed E-state index contributed by atoms with van der Waals surface area (Å²) >= 11 is 0. The number of halogens is 9. The second kappa shape index (κ2) is 7.78. The van der Waals surface area contributed by atoms with Crippen LogP contribution >= 0.6 is 0 Å². The molecule has 1 aromatic rings. The largest absolute Gasteiger partial charge is 0.460 e. The van der Waals surface area contributed by atoms with Crippen LogP contribution in [-0.2, 0) is 14.3 Å². The number of ether oxygens (including phenoxy) is 2. The number of hydrogen-bond acceptors (Lipinski definition) is 3. The lowest BCUT2D eigenvalue weighted by Gasteiger charge is -2.41. The van der Waals surface area contributed by atoms with Crippen LogP contribution in [0.1, 0.15) is 25.0 Å². The number of benzene rings is 1. The topological polar surface area (TPSA) is 35.5 Å². The Bertz CT molecular complexity index is 719. The molecule has 12 heteroatoms. The maximum absolute atomic E-state index is 14.4. The van der Waals surface area contributed by atoms with Crippen molar-refractivity contribution in [3.63, 3.8) is 0 Å². The van der Waals surface area contributed by atoms with E-state index in [4.69, 9.17) is 9.47 Å². The zero-order valence-electron chi connectivity index (χ0n) is 14.7. The molecule has 0 bridgehead atoms. The summed E-state index contributed by atoms with van der Waals surface area (Å²) < 4.78 is 130. The van der Waals surface area contributed by atoms with Gasteiger partial charge in [0, 0.05) is 6.61 Å². The summed E-state index contributed by atoms with van der Waals surface area (Å²) in [5.41, 5.74) is 0.122. The van der Waals surface area contributed by atoms with E-state index in [0.717, 1.165) is 0 Å². The first kappa shape index (κ1) is 23.5. The Hall–Kier alpha value is -1.82. The highest BCUT2D eigenvalue weighted by molar-refractivity contribution is 5.86. The number of rotatable bonds is 6. The number of carbonyl (C=O) groups is 1. The highest BCUT2D eigenvalue weighted by Gasteiger charge is 2.83. The van der Waals surface area contributed by atoms with E-state index >= 15 is 0 Å². The molecule has 1 aliphatic heterocycles. The lowest BCUT2D eigenvalue weighted by atomic mass is 9.81. The van der Waals surface area contributed by atoms with Crippen molar-refractivity contribution in [3.8, 4) is 0 Å². The molecule has 0 aromatic heterocycles. The Labute approximate surface area is 158 Å². The van der Waals surface area contributed by atoms with Crippen molar-refractivity contribution in [2.75, 3.05) is 6.61 Å². The molecule has 0 aliphatic carbocycles. The van der Waals surface area contributed by atoms with Crippen LogP contribution in [0.5, 0.6) is 0 Å². The molecule has 2 rings (SSSR count). The summed E-state index contributed by atoms with van der Waals surface area (Å²) in [5, 5.41) is 0. The molecule has 3 nitrogen and oxygen atoms in total. The Balaban J connectivity index is 2.48. The van der Waals surface area contributed by atoms with Gasteiger partial charge in [0.05, 0.1) is 12.0 Å². The Kier molecular flexibility index (Phi) is 6.30. The van der Waals surface area contributed by atoms with Gasteiger partial charge in [-0.05, 0) is 18.9 Å². The number of Topliss-reactive ketones (excluding diaryl/α,β-unsaturated/α-hetero) is 1. The van der Waals surface area contributed by atoms with Crippen molar-refractivity contribution in [2.45, 2.75) is 49.7 Å². The first-order chi connectivity index (χ1) is 13.2. The predicted octanol–water partition coefficient (Wildman–Crippen LogP) is 5.16. The van der Waals surface area contributed by atoms with E-state index in [1.54, 1.807) is 0 Å². The third-order valence-corrected chi connectivity index (χ3v) is 4.41. The quantitative estimate of drug-likeness (QED) is 0.576. The minimum atomic E-state index is -7.08. The second-order valence-electron chi connectivity index (χ2n) is 6.28. The van der Waals surface area contributed by atoms with Crippen molar-refractivity contribution in [1.82, 2.24) is 0 Å². The van der Waals surface area contributed by atoms with Gasteiger partial charge in [-0.25, -0.2) is 0 Å². The zero-order chi connectivity index (χ0) is 22.3. The number of alkyl halides is 9. The Morgan fingerprint density at radius 2 is 1.52 bits per heavy atom. The summed E-state index contributed by atoms with van der Waals surface area (Å²) in [6.45, 7) is 1.01. The fraction of sp³-hybridized carbons (Fsp3) is 0.588. The van der Waals surface area contributed by atoms with E-state index in [1.165, 1.54) is 37.3 Å². The third-order valence-electron chi connectivity index (χ3n) is 4.41. The average molecular weight is 438 g/mol. The maximum atomic E-state index is 14.4. The van der Waals surface area contributed by atoms with E-state index in [0.29, 0.717) is 0 Å². The molecule has 1 aliphatic rings. The molecule has 29 heavy (non-hydrogen) atoms. The maximum Gasteiger partial charge on any atom is 0.460 e. The van der Waals surface area contributed by atoms with E-state index in [2.05, 4.69) is 0 Å². The van der Waals surface area contributed by atoms with Gasteiger partial charge < -0.3 is 9.47 Å². The molecule has 0 amide bonds. The highest BCUT2D eigenvalue weighted by Crippen LogP contribution is 2.57. The molecule has 1 aromatic carbocycles. The molecule has 0 saturated carbocycles. The summed E-state index contributed by atoms with van der Waals surface area (Å²) in [5.74, 6) is -25.1. The van der Waals surface area contributed by atoms with Crippen LogP contribution in [0.15, 0.2) is 30.3 Å². The average Bonchev–Trinajstić information content (AvgIpc) is 2.62. The zero-order valence-corrected chi connectivity index (χ0v) is 14.7. The summed E-state index contributed by atoms with van der Waals surface area (Å²) in [6.07, 6.45) is -11.8. The van der Waals surface area contributed by atoms with Gasteiger partial charge in [0.25, 0.3) is 0 Å². The summed E-state index contributed by atoms with van der Waals surface area (Å²) in [4.78, 5) is 12.2. The van der Waals surface area contributed by atoms with Crippen LogP contribution in [-0.4, -0.2) is 42.6 Å². The van der Waals surface area contributed by atoms with Crippen LogP contribution in [0, 0.1) is 5.92 Å². The Morgan fingerprint density at radius 3 is 2.00 bits per heavy atom. The van der Waals surface area contributed by atoms with Crippen molar-refractivity contribution in [3.05, 3.63) is 35.9 Å². The first-order valence-electron chi connectivity index (χ1n) is 8.24. The van der Waals surface area contributed by atoms with Crippen LogP contribution < -0.4 is 0 Å². The number of carbonyl (C=O) groups excluding carboxylic acids is 1. The highest BCUT2D eigenvalue weighted by atomic mass is 19.4. The van der Waals surface area contributed by atoms with E-state index in [1.807, 2.05) is 0 Å². The molecule has 1 fully saturated rings. The van der Waals surface area contributed by atoms with Gasteiger partial charge in [-0.1, -0.05) is 30.3 Å². The normalized spacial score (nSPS) is 24.6. The lowest BCUT2D eigenvalue weighted by molar-refractivity contribution is -0.403. The first-order valence-corrected chi connectivity index (χ1v) is 8.24. The van der Waals surface area contributed by atoms with E-state index in [9.17, 15) is 44.3 Å². The number of ketones is 1. The van der Waals surface area contributed by atoms with Crippen molar-refractivity contribution in [2.24, 2.45) is 5.92 Å². The summed E-state index contributed by atoms with van der Waals surface area (Å²) in [7, 11) is 0. The van der Waals surface area contributed by atoms with Crippen LogP contribution in [0.4, 0.5) is 39.5 Å². The van der Waals surface area contributed by atoms with Gasteiger partial charge in [-0.3, -0.25) is 4.79 Å².